The molecular formula is C18H24N2. The van der Waals surface area contributed by atoms with E-state index in [1.165, 1.54) is 22.5 Å². The molecule has 106 valence electrons. The SMILES string of the molecule is CC[C@@H](N)c1ccccc1N(CC)c1cccc(C)c1. The zero-order valence-electron chi connectivity index (χ0n) is 12.6. The van der Waals surface area contributed by atoms with Crippen LogP contribution in [0.1, 0.15) is 37.4 Å². The second-order valence-corrected chi connectivity index (χ2v) is 5.16. The molecule has 0 aliphatic rings. The molecule has 2 aromatic carbocycles. The fourth-order valence-corrected chi connectivity index (χ4v) is 2.55. The lowest BCUT2D eigenvalue weighted by molar-refractivity contribution is 0.697. The zero-order valence-corrected chi connectivity index (χ0v) is 12.6. The van der Waals surface area contributed by atoms with Gasteiger partial charge in [0.1, 0.15) is 0 Å². The summed E-state index contributed by atoms with van der Waals surface area (Å²) >= 11 is 0. The molecule has 0 amide bonds. The van der Waals surface area contributed by atoms with E-state index in [4.69, 9.17) is 5.73 Å². The summed E-state index contributed by atoms with van der Waals surface area (Å²) in [6.07, 6.45) is 0.947. The number of nitrogens with zero attached hydrogens (tertiary/aromatic N) is 1. The topological polar surface area (TPSA) is 29.3 Å². The minimum absolute atomic E-state index is 0.0880. The van der Waals surface area contributed by atoms with E-state index in [0.29, 0.717) is 0 Å². The lowest BCUT2D eigenvalue weighted by Crippen LogP contribution is -2.20. The molecule has 2 rings (SSSR count). The molecule has 0 fully saturated rings. The highest BCUT2D eigenvalue weighted by atomic mass is 15.1. The van der Waals surface area contributed by atoms with Gasteiger partial charge in [0.2, 0.25) is 0 Å². The Kier molecular flexibility index (Phi) is 4.80. The van der Waals surface area contributed by atoms with E-state index < -0.39 is 0 Å². The summed E-state index contributed by atoms with van der Waals surface area (Å²) in [4.78, 5) is 2.33. The number of anilines is 2. The molecule has 0 bridgehead atoms. The molecule has 0 saturated carbocycles. The van der Waals surface area contributed by atoms with Gasteiger partial charge in [-0.1, -0.05) is 37.3 Å². The Balaban J connectivity index is 2.47. The van der Waals surface area contributed by atoms with E-state index in [-0.39, 0.29) is 6.04 Å². The van der Waals surface area contributed by atoms with Crippen molar-refractivity contribution in [3.8, 4) is 0 Å². The average molecular weight is 268 g/mol. The smallest absolute Gasteiger partial charge is 0.0459 e. The summed E-state index contributed by atoms with van der Waals surface area (Å²) in [7, 11) is 0. The lowest BCUT2D eigenvalue weighted by Gasteiger charge is -2.28. The van der Waals surface area contributed by atoms with Gasteiger partial charge in [-0.15, -0.1) is 0 Å². The summed E-state index contributed by atoms with van der Waals surface area (Å²) in [5.74, 6) is 0. The average Bonchev–Trinajstić information content (AvgIpc) is 2.48. The molecule has 2 heteroatoms. The van der Waals surface area contributed by atoms with Gasteiger partial charge >= 0.3 is 0 Å². The van der Waals surface area contributed by atoms with Crippen LogP contribution in [-0.2, 0) is 0 Å². The molecule has 0 unspecified atom stereocenters. The minimum atomic E-state index is 0.0880. The van der Waals surface area contributed by atoms with Crippen LogP contribution < -0.4 is 10.6 Å². The Morgan fingerprint density at radius 3 is 2.45 bits per heavy atom. The van der Waals surface area contributed by atoms with Gasteiger partial charge < -0.3 is 10.6 Å². The first-order valence-corrected chi connectivity index (χ1v) is 7.36. The van der Waals surface area contributed by atoms with Gasteiger partial charge in [0.25, 0.3) is 0 Å². The van der Waals surface area contributed by atoms with Crippen molar-refractivity contribution in [3.05, 3.63) is 59.7 Å². The van der Waals surface area contributed by atoms with Crippen LogP contribution in [0.5, 0.6) is 0 Å². The highest BCUT2D eigenvalue weighted by molar-refractivity contribution is 5.67. The van der Waals surface area contributed by atoms with Crippen LogP contribution in [0.25, 0.3) is 0 Å². The zero-order chi connectivity index (χ0) is 14.5. The third-order valence-corrected chi connectivity index (χ3v) is 3.70. The summed E-state index contributed by atoms with van der Waals surface area (Å²) in [6, 6.07) is 17.2. The monoisotopic (exact) mass is 268 g/mol. The first kappa shape index (κ1) is 14.6. The van der Waals surface area contributed by atoms with Gasteiger partial charge in [0.15, 0.2) is 0 Å². The van der Waals surface area contributed by atoms with E-state index in [2.05, 4.69) is 74.2 Å². The van der Waals surface area contributed by atoms with Crippen LogP contribution in [0.4, 0.5) is 11.4 Å². The van der Waals surface area contributed by atoms with Gasteiger partial charge in [-0.25, -0.2) is 0 Å². The second kappa shape index (κ2) is 6.58. The molecular weight excluding hydrogens is 244 g/mol. The Morgan fingerprint density at radius 1 is 1.05 bits per heavy atom. The maximum Gasteiger partial charge on any atom is 0.0459 e. The molecule has 1 atom stereocenters. The number of rotatable bonds is 5. The molecule has 0 saturated heterocycles. The molecule has 2 nitrogen and oxygen atoms in total. The van der Waals surface area contributed by atoms with E-state index in [1.807, 2.05) is 0 Å². The molecule has 0 aliphatic carbocycles. The third kappa shape index (κ3) is 3.02. The van der Waals surface area contributed by atoms with Crippen molar-refractivity contribution in [1.29, 1.82) is 0 Å². The number of hydrogen-bond acceptors (Lipinski definition) is 2. The van der Waals surface area contributed by atoms with Gasteiger partial charge in [0, 0.05) is 24.0 Å². The maximum atomic E-state index is 6.27. The second-order valence-electron chi connectivity index (χ2n) is 5.16. The Bertz CT molecular complexity index is 563. The largest absolute Gasteiger partial charge is 0.341 e. The van der Waals surface area contributed by atoms with Crippen LogP contribution >= 0.6 is 0 Å². The third-order valence-electron chi connectivity index (χ3n) is 3.70. The summed E-state index contributed by atoms with van der Waals surface area (Å²) in [6.45, 7) is 7.36. The van der Waals surface area contributed by atoms with Crippen LogP contribution in [-0.4, -0.2) is 6.54 Å². The van der Waals surface area contributed by atoms with Crippen molar-refractivity contribution in [2.45, 2.75) is 33.2 Å². The Morgan fingerprint density at radius 2 is 1.80 bits per heavy atom. The van der Waals surface area contributed by atoms with Crippen molar-refractivity contribution < 1.29 is 0 Å². The van der Waals surface area contributed by atoms with Crippen molar-refractivity contribution in [2.24, 2.45) is 5.73 Å². The Labute approximate surface area is 122 Å². The van der Waals surface area contributed by atoms with Gasteiger partial charge in [-0.2, -0.15) is 0 Å². The number of benzene rings is 2. The first-order valence-electron chi connectivity index (χ1n) is 7.36. The predicted molar refractivity (Wildman–Crippen MR) is 87.5 cm³/mol. The highest BCUT2D eigenvalue weighted by Crippen LogP contribution is 2.32. The minimum Gasteiger partial charge on any atom is -0.341 e. The fourth-order valence-electron chi connectivity index (χ4n) is 2.55. The van der Waals surface area contributed by atoms with Crippen LogP contribution in [0.15, 0.2) is 48.5 Å². The summed E-state index contributed by atoms with van der Waals surface area (Å²) in [5, 5.41) is 0. The van der Waals surface area contributed by atoms with Crippen molar-refractivity contribution in [2.75, 3.05) is 11.4 Å². The van der Waals surface area contributed by atoms with Crippen molar-refractivity contribution in [1.82, 2.24) is 0 Å². The number of aryl methyl sites for hydroxylation is 1. The molecule has 2 aromatic rings. The predicted octanol–water partition coefficient (Wildman–Crippen LogP) is 4.56. The van der Waals surface area contributed by atoms with E-state index in [1.54, 1.807) is 0 Å². The molecule has 2 N–H and O–H groups in total. The summed E-state index contributed by atoms with van der Waals surface area (Å²) < 4.78 is 0. The fraction of sp³-hybridized carbons (Fsp3) is 0.333. The molecule has 0 radical (unpaired) electrons. The number of nitrogens with two attached hydrogens (primary N) is 1. The van der Waals surface area contributed by atoms with Gasteiger partial charge in [0.05, 0.1) is 0 Å². The number of hydrogen-bond donors (Lipinski definition) is 1. The van der Waals surface area contributed by atoms with E-state index in [9.17, 15) is 0 Å². The van der Waals surface area contributed by atoms with E-state index in [0.717, 1.165) is 13.0 Å². The standard InChI is InChI=1S/C18H24N2/c1-4-17(19)16-11-6-7-12-18(16)20(5-2)15-10-8-9-14(3)13-15/h6-13,17H,4-5,19H2,1-3H3/t17-/m1/s1. The van der Waals surface area contributed by atoms with Gasteiger partial charge in [-0.3, -0.25) is 0 Å². The van der Waals surface area contributed by atoms with Crippen molar-refractivity contribution in [3.63, 3.8) is 0 Å². The molecule has 0 aliphatic heterocycles. The van der Waals surface area contributed by atoms with Gasteiger partial charge in [-0.05, 0) is 49.6 Å². The quantitative estimate of drug-likeness (QED) is 0.861. The van der Waals surface area contributed by atoms with Crippen LogP contribution in [0.2, 0.25) is 0 Å². The molecule has 0 heterocycles. The van der Waals surface area contributed by atoms with Crippen LogP contribution in [0, 0.1) is 6.92 Å². The summed E-state index contributed by atoms with van der Waals surface area (Å²) in [5.41, 5.74) is 11.2. The first-order chi connectivity index (χ1) is 9.67. The Hall–Kier alpha value is -1.80. The molecule has 0 spiro atoms. The van der Waals surface area contributed by atoms with E-state index >= 15 is 0 Å². The maximum absolute atomic E-state index is 6.27. The highest BCUT2D eigenvalue weighted by Gasteiger charge is 2.15. The number of para-hydroxylation sites is 1. The molecule has 0 aromatic heterocycles. The molecule has 20 heavy (non-hydrogen) atoms. The van der Waals surface area contributed by atoms with Crippen molar-refractivity contribution >= 4 is 11.4 Å². The van der Waals surface area contributed by atoms with Crippen LogP contribution in [0.3, 0.4) is 0 Å². The lowest BCUT2D eigenvalue weighted by atomic mass is 10.0. The normalized spacial score (nSPS) is 12.2.